The molecular formula is C20H21NO5. The number of hydrogen-bond acceptors (Lipinski definition) is 5. The van der Waals surface area contributed by atoms with Crippen molar-refractivity contribution in [3.63, 3.8) is 0 Å². The third kappa shape index (κ3) is 3.10. The maximum Gasteiger partial charge on any atom is 0.290 e. The van der Waals surface area contributed by atoms with Gasteiger partial charge in [0.2, 0.25) is 5.78 Å². The van der Waals surface area contributed by atoms with Crippen LogP contribution >= 0.6 is 0 Å². The summed E-state index contributed by atoms with van der Waals surface area (Å²) in [5.41, 5.74) is 0.775. The summed E-state index contributed by atoms with van der Waals surface area (Å²) in [5, 5.41) is 10.4. The van der Waals surface area contributed by atoms with Crippen molar-refractivity contribution in [2.75, 3.05) is 13.2 Å². The quantitative estimate of drug-likeness (QED) is 0.767. The van der Waals surface area contributed by atoms with E-state index in [0.29, 0.717) is 25.3 Å². The van der Waals surface area contributed by atoms with Crippen LogP contribution in [0.1, 0.15) is 42.4 Å². The lowest BCUT2D eigenvalue weighted by Gasteiger charge is -2.26. The zero-order valence-corrected chi connectivity index (χ0v) is 14.8. The molecule has 1 N–H and O–H groups in total. The van der Waals surface area contributed by atoms with E-state index in [1.807, 2.05) is 13.8 Å². The molecule has 0 radical (unpaired) electrons. The van der Waals surface area contributed by atoms with Crippen LogP contribution < -0.4 is 4.74 Å². The second-order valence-electron chi connectivity index (χ2n) is 5.97. The third-order valence-electron chi connectivity index (χ3n) is 4.26. The Morgan fingerprint density at radius 1 is 1.23 bits per heavy atom. The number of carbonyl (C=O) groups excluding carboxylic acids is 2. The van der Waals surface area contributed by atoms with Crippen LogP contribution in [0, 0.1) is 0 Å². The molecule has 0 aliphatic carbocycles. The fraction of sp³-hybridized carbons (Fsp3) is 0.300. The van der Waals surface area contributed by atoms with Crippen molar-refractivity contribution in [3.8, 4) is 5.75 Å². The number of ether oxygens (including phenoxy) is 1. The second kappa shape index (κ2) is 7.47. The maximum atomic E-state index is 12.9. The van der Waals surface area contributed by atoms with Gasteiger partial charge in [-0.25, -0.2) is 0 Å². The molecule has 2 heterocycles. The van der Waals surface area contributed by atoms with Gasteiger partial charge >= 0.3 is 0 Å². The molecule has 0 spiro atoms. The Kier molecular flexibility index (Phi) is 5.11. The minimum Gasteiger partial charge on any atom is -0.503 e. The van der Waals surface area contributed by atoms with E-state index in [1.165, 1.54) is 17.2 Å². The van der Waals surface area contributed by atoms with Crippen molar-refractivity contribution in [2.45, 2.75) is 26.3 Å². The van der Waals surface area contributed by atoms with Crippen molar-refractivity contribution in [3.05, 3.63) is 65.3 Å². The van der Waals surface area contributed by atoms with E-state index in [-0.39, 0.29) is 11.3 Å². The Hall–Kier alpha value is -3.02. The van der Waals surface area contributed by atoms with Gasteiger partial charge in [0.1, 0.15) is 5.75 Å². The van der Waals surface area contributed by atoms with Crippen molar-refractivity contribution < 1.29 is 23.8 Å². The highest BCUT2D eigenvalue weighted by Gasteiger charge is 2.43. The zero-order chi connectivity index (χ0) is 18.7. The third-order valence-corrected chi connectivity index (χ3v) is 4.26. The predicted octanol–water partition coefficient (Wildman–Crippen LogP) is 3.67. The SMILES string of the molecule is CCCN1C(=O)C(O)=C(C(=O)c2ccco2)C1c1ccc(OCC)cc1. The summed E-state index contributed by atoms with van der Waals surface area (Å²) in [6, 6.07) is 9.65. The highest BCUT2D eigenvalue weighted by atomic mass is 16.5. The molecule has 1 amide bonds. The number of amides is 1. The van der Waals surface area contributed by atoms with E-state index >= 15 is 0 Å². The molecule has 1 aromatic carbocycles. The molecule has 1 aliphatic rings. The number of aliphatic hydroxyl groups is 1. The van der Waals surface area contributed by atoms with Crippen LogP contribution in [-0.2, 0) is 4.79 Å². The van der Waals surface area contributed by atoms with Crippen LogP contribution in [0.2, 0.25) is 0 Å². The topological polar surface area (TPSA) is 80.0 Å². The summed E-state index contributed by atoms with van der Waals surface area (Å²) < 4.78 is 10.6. The summed E-state index contributed by atoms with van der Waals surface area (Å²) in [7, 11) is 0. The summed E-state index contributed by atoms with van der Waals surface area (Å²) in [6.07, 6.45) is 2.09. The first-order chi connectivity index (χ1) is 12.6. The Morgan fingerprint density at radius 2 is 1.96 bits per heavy atom. The van der Waals surface area contributed by atoms with E-state index < -0.39 is 23.5 Å². The molecule has 0 saturated carbocycles. The number of hydrogen-bond donors (Lipinski definition) is 1. The molecule has 6 heteroatoms. The predicted molar refractivity (Wildman–Crippen MR) is 95.0 cm³/mol. The van der Waals surface area contributed by atoms with Gasteiger partial charge in [-0.15, -0.1) is 0 Å². The minimum absolute atomic E-state index is 0.0440. The van der Waals surface area contributed by atoms with Gasteiger partial charge in [-0.05, 0) is 43.2 Å². The van der Waals surface area contributed by atoms with E-state index in [1.54, 1.807) is 30.3 Å². The summed E-state index contributed by atoms with van der Waals surface area (Å²) in [4.78, 5) is 26.9. The molecule has 2 aromatic rings. The van der Waals surface area contributed by atoms with E-state index in [9.17, 15) is 14.7 Å². The lowest BCUT2D eigenvalue weighted by Crippen LogP contribution is -2.31. The first kappa shape index (κ1) is 17.8. The Morgan fingerprint density at radius 3 is 2.54 bits per heavy atom. The van der Waals surface area contributed by atoms with Crippen molar-refractivity contribution >= 4 is 11.7 Å². The molecule has 1 unspecified atom stereocenters. The van der Waals surface area contributed by atoms with E-state index in [2.05, 4.69) is 0 Å². The van der Waals surface area contributed by atoms with Crippen molar-refractivity contribution in [2.24, 2.45) is 0 Å². The molecule has 26 heavy (non-hydrogen) atoms. The van der Waals surface area contributed by atoms with E-state index in [4.69, 9.17) is 9.15 Å². The Balaban J connectivity index is 2.04. The van der Waals surface area contributed by atoms with Gasteiger partial charge in [0.05, 0.1) is 24.5 Å². The minimum atomic E-state index is -0.657. The highest BCUT2D eigenvalue weighted by Crippen LogP contribution is 2.39. The average molecular weight is 355 g/mol. The van der Waals surface area contributed by atoms with Gasteiger partial charge in [0, 0.05) is 6.54 Å². The highest BCUT2D eigenvalue weighted by molar-refractivity contribution is 6.15. The number of nitrogens with zero attached hydrogens (tertiary/aromatic N) is 1. The van der Waals surface area contributed by atoms with Gasteiger partial charge in [-0.1, -0.05) is 19.1 Å². The number of carbonyl (C=O) groups is 2. The van der Waals surface area contributed by atoms with Crippen LogP contribution in [0.5, 0.6) is 5.75 Å². The number of benzene rings is 1. The van der Waals surface area contributed by atoms with Gasteiger partial charge in [-0.2, -0.15) is 0 Å². The lowest BCUT2D eigenvalue weighted by atomic mass is 9.95. The lowest BCUT2D eigenvalue weighted by molar-refractivity contribution is -0.129. The van der Waals surface area contributed by atoms with Gasteiger partial charge in [0.25, 0.3) is 5.91 Å². The summed E-state index contributed by atoms with van der Waals surface area (Å²) >= 11 is 0. The van der Waals surface area contributed by atoms with E-state index in [0.717, 1.165) is 5.56 Å². The van der Waals surface area contributed by atoms with Gasteiger partial charge < -0.3 is 19.2 Å². The molecule has 6 nitrogen and oxygen atoms in total. The molecule has 0 saturated heterocycles. The normalized spacial score (nSPS) is 17.1. The van der Waals surface area contributed by atoms with Gasteiger partial charge in [-0.3, -0.25) is 9.59 Å². The molecule has 1 atom stereocenters. The molecule has 1 aromatic heterocycles. The molecule has 3 rings (SSSR count). The molecular weight excluding hydrogens is 334 g/mol. The van der Waals surface area contributed by atoms with Crippen LogP contribution in [0.25, 0.3) is 0 Å². The molecule has 0 fully saturated rings. The van der Waals surface area contributed by atoms with Crippen molar-refractivity contribution in [1.29, 1.82) is 0 Å². The number of Topliss-reactive ketones (excluding diaryl/α,β-unsaturated/α-hetero) is 1. The van der Waals surface area contributed by atoms with Crippen LogP contribution in [0.15, 0.2) is 58.4 Å². The number of aliphatic hydroxyl groups excluding tert-OH is 1. The molecule has 1 aliphatic heterocycles. The Bertz CT molecular complexity index is 820. The number of rotatable bonds is 7. The molecule has 136 valence electrons. The molecule has 0 bridgehead atoms. The standard InChI is InChI=1S/C20H21NO5/c1-3-11-21-17(13-7-9-14(10-8-13)25-4-2)16(19(23)20(21)24)18(22)15-6-5-12-26-15/h5-10,12,17,23H,3-4,11H2,1-2H3. The fourth-order valence-electron chi connectivity index (χ4n) is 3.16. The summed E-state index contributed by atoms with van der Waals surface area (Å²) in [5.74, 6) is -0.749. The smallest absolute Gasteiger partial charge is 0.290 e. The first-order valence-corrected chi connectivity index (χ1v) is 8.63. The average Bonchev–Trinajstić information content (AvgIpc) is 3.26. The second-order valence-corrected chi connectivity index (χ2v) is 5.97. The Labute approximate surface area is 151 Å². The fourth-order valence-corrected chi connectivity index (χ4v) is 3.16. The van der Waals surface area contributed by atoms with Crippen LogP contribution in [-0.4, -0.2) is 34.8 Å². The number of ketones is 1. The monoisotopic (exact) mass is 355 g/mol. The summed E-state index contributed by atoms with van der Waals surface area (Å²) in [6.45, 7) is 4.81. The first-order valence-electron chi connectivity index (χ1n) is 8.63. The zero-order valence-electron chi connectivity index (χ0n) is 14.8. The van der Waals surface area contributed by atoms with Gasteiger partial charge in [0.15, 0.2) is 11.5 Å². The van der Waals surface area contributed by atoms with Crippen LogP contribution in [0.3, 0.4) is 0 Å². The van der Waals surface area contributed by atoms with Crippen molar-refractivity contribution in [1.82, 2.24) is 4.90 Å². The number of furan rings is 1. The largest absolute Gasteiger partial charge is 0.503 e. The maximum absolute atomic E-state index is 12.9. The van der Waals surface area contributed by atoms with Crippen LogP contribution in [0.4, 0.5) is 0 Å².